The molecule has 0 bridgehead atoms. The van der Waals surface area contributed by atoms with Gasteiger partial charge in [0.2, 0.25) is 0 Å². The Bertz CT molecular complexity index is 806. The molecule has 24 heavy (non-hydrogen) atoms. The maximum absolute atomic E-state index is 10.7. The van der Waals surface area contributed by atoms with Gasteiger partial charge in [-0.25, -0.2) is 4.98 Å². The van der Waals surface area contributed by atoms with E-state index in [0.29, 0.717) is 13.1 Å². The van der Waals surface area contributed by atoms with Crippen molar-refractivity contribution in [3.8, 4) is 10.4 Å². The molecule has 3 rings (SSSR count). The molecule has 1 atom stereocenters. The number of aliphatic hydroxyl groups is 1. The SMILES string of the molecule is Cc1cc(C(C)(O)CNCc2ncc(-c3ccccc3)s2)c(C)o1. The zero-order valence-electron chi connectivity index (χ0n) is 14.2. The first-order chi connectivity index (χ1) is 11.5. The van der Waals surface area contributed by atoms with Gasteiger partial charge in [-0.15, -0.1) is 11.3 Å². The van der Waals surface area contributed by atoms with Gasteiger partial charge >= 0.3 is 0 Å². The molecule has 1 aromatic carbocycles. The Morgan fingerprint density at radius 1 is 1.25 bits per heavy atom. The number of nitrogens with one attached hydrogen (secondary N) is 1. The van der Waals surface area contributed by atoms with Gasteiger partial charge in [-0.2, -0.15) is 0 Å². The Hall–Kier alpha value is -1.95. The highest BCUT2D eigenvalue weighted by Gasteiger charge is 2.27. The molecule has 0 spiro atoms. The number of thiazole rings is 1. The lowest BCUT2D eigenvalue weighted by Crippen LogP contribution is -2.35. The third-order valence-electron chi connectivity index (χ3n) is 3.98. The Kier molecular flexibility index (Phi) is 4.85. The molecule has 126 valence electrons. The van der Waals surface area contributed by atoms with E-state index in [4.69, 9.17) is 4.42 Å². The Morgan fingerprint density at radius 3 is 2.67 bits per heavy atom. The van der Waals surface area contributed by atoms with E-state index in [-0.39, 0.29) is 0 Å². The van der Waals surface area contributed by atoms with Gasteiger partial charge in [-0.1, -0.05) is 30.3 Å². The third-order valence-corrected chi connectivity index (χ3v) is 5.02. The largest absolute Gasteiger partial charge is 0.466 e. The van der Waals surface area contributed by atoms with Crippen LogP contribution < -0.4 is 5.32 Å². The fourth-order valence-corrected chi connectivity index (χ4v) is 3.69. The molecule has 0 aliphatic carbocycles. The highest BCUT2D eigenvalue weighted by molar-refractivity contribution is 7.15. The standard InChI is InChI=1S/C19H22N2O2S/c1-13-9-16(14(2)23-13)19(3,22)12-20-11-18-21-10-17(24-18)15-7-5-4-6-8-15/h4-10,20,22H,11-12H2,1-3H3. The van der Waals surface area contributed by atoms with Crippen molar-refractivity contribution in [3.05, 3.63) is 64.7 Å². The molecule has 3 aromatic rings. The minimum Gasteiger partial charge on any atom is -0.466 e. The molecule has 0 saturated carbocycles. The van der Waals surface area contributed by atoms with E-state index in [1.54, 1.807) is 18.3 Å². The van der Waals surface area contributed by atoms with Gasteiger partial charge in [-0.05, 0) is 32.4 Å². The average molecular weight is 342 g/mol. The summed E-state index contributed by atoms with van der Waals surface area (Å²) in [6.45, 7) is 6.63. The van der Waals surface area contributed by atoms with Crippen molar-refractivity contribution in [2.45, 2.75) is 32.9 Å². The first kappa shape index (κ1) is 16.9. The summed E-state index contributed by atoms with van der Waals surface area (Å²) in [5.41, 5.74) is 1.04. The zero-order valence-corrected chi connectivity index (χ0v) is 15.0. The lowest BCUT2D eigenvalue weighted by Gasteiger charge is -2.23. The van der Waals surface area contributed by atoms with Gasteiger partial charge < -0.3 is 14.8 Å². The summed E-state index contributed by atoms with van der Waals surface area (Å²) in [7, 11) is 0. The third kappa shape index (κ3) is 3.75. The van der Waals surface area contributed by atoms with E-state index in [0.717, 1.165) is 27.0 Å². The number of aromatic nitrogens is 1. The van der Waals surface area contributed by atoms with Crippen LogP contribution >= 0.6 is 11.3 Å². The maximum Gasteiger partial charge on any atom is 0.107 e. The molecular formula is C19H22N2O2S. The van der Waals surface area contributed by atoms with Crippen LogP contribution in [0.4, 0.5) is 0 Å². The number of aryl methyl sites for hydroxylation is 2. The van der Waals surface area contributed by atoms with E-state index < -0.39 is 5.60 Å². The van der Waals surface area contributed by atoms with Crippen molar-refractivity contribution < 1.29 is 9.52 Å². The Balaban J connectivity index is 1.60. The number of hydrogen-bond acceptors (Lipinski definition) is 5. The van der Waals surface area contributed by atoms with Crippen LogP contribution in [0, 0.1) is 13.8 Å². The molecule has 1 unspecified atom stereocenters. The fraction of sp³-hybridized carbons (Fsp3) is 0.316. The quantitative estimate of drug-likeness (QED) is 0.710. The molecule has 0 aliphatic rings. The predicted molar refractivity (Wildman–Crippen MR) is 97.0 cm³/mol. The number of benzene rings is 1. The molecule has 0 fully saturated rings. The van der Waals surface area contributed by atoms with Crippen LogP contribution in [0.25, 0.3) is 10.4 Å². The summed E-state index contributed by atoms with van der Waals surface area (Å²) in [4.78, 5) is 5.62. The summed E-state index contributed by atoms with van der Waals surface area (Å²) in [5, 5.41) is 15.0. The smallest absolute Gasteiger partial charge is 0.107 e. The van der Waals surface area contributed by atoms with E-state index in [9.17, 15) is 5.11 Å². The topological polar surface area (TPSA) is 58.3 Å². The van der Waals surface area contributed by atoms with Crippen LogP contribution in [0.1, 0.15) is 29.0 Å². The van der Waals surface area contributed by atoms with Crippen LogP contribution in [0.5, 0.6) is 0 Å². The predicted octanol–water partition coefficient (Wildman–Crippen LogP) is 4.02. The molecule has 0 amide bonds. The van der Waals surface area contributed by atoms with E-state index in [2.05, 4.69) is 22.4 Å². The number of hydrogen-bond donors (Lipinski definition) is 2. The molecular weight excluding hydrogens is 320 g/mol. The van der Waals surface area contributed by atoms with Crippen LogP contribution in [-0.2, 0) is 12.1 Å². The molecule has 2 N–H and O–H groups in total. The van der Waals surface area contributed by atoms with Crippen molar-refractivity contribution in [1.82, 2.24) is 10.3 Å². The lowest BCUT2D eigenvalue weighted by molar-refractivity contribution is 0.0552. The summed E-state index contributed by atoms with van der Waals surface area (Å²) in [6, 6.07) is 12.1. The monoisotopic (exact) mass is 342 g/mol. The minimum absolute atomic E-state index is 0.438. The van der Waals surface area contributed by atoms with Gasteiger partial charge in [0.05, 0.1) is 4.88 Å². The second-order valence-electron chi connectivity index (χ2n) is 6.19. The van der Waals surface area contributed by atoms with E-state index in [1.807, 2.05) is 44.3 Å². The van der Waals surface area contributed by atoms with Gasteiger partial charge in [0.1, 0.15) is 22.1 Å². The molecule has 5 heteroatoms. The average Bonchev–Trinajstić information content (AvgIpc) is 3.15. The highest BCUT2D eigenvalue weighted by atomic mass is 32.1. The molecule has 2 aromatic heterocycles. The Morgan fingerprint density at radius 2 is 2.00 bits per heavy atom. The van der Waals surface area contributed by atoms with Crippen molar-refractivity contribution in [3.63, 3.8) is 0 Å². The summed E-state index contributed by atoms with van der Waals surface area (Å²) >= 11 is 1.67. The van der Waals surface area contributed by atoms with Gasteiger partial charge in [-0.3, -0.25) is 0 Å². The summed E-state index contributed by atoms with van der Waals surface area (Å²) in [6.07, 6.45) is 1.90. The van der Waals surface area contributed by atoms with Gasteiger partial charge in [0.15, 0.2) is 0 Å². The minimum atomic E-state index is -0.971. The number of rotatable bonds is 6. The van der Waals surface area contributed by atoms with Crippen molar-refractivity contribution in [2.75, 3.05) is 6.54 Å². The van der Waals surface area contributed by atoms with Crippen molar-refractivity contribution in [1.29, 1.82) is 0 Å². The van der Waals surface area contributed by atoms with Gasteiger partial charge in [0, 0.05) is 24.8 Å². The first-order valence-electron chi connectivity index (χ1n) is 7.96. The normalized spacial score (nSPS) is 13.8. The molecule has 0 aliphatic heterocycles. The number of furan rings is 1. The molecule has 0 radical (unpaired) electrons. The molecule has 0 saturated heterocycles. The van der Waals surface area contributed by atoms with Gasteiger partial charge in [0.25, 0.3) is 0 Å². The zero-order chi connectivity index (χ0) is 17.2. The fourth-order valence-electron chi connectivity index (χ4n) is 2.80. The van der Waals surface area contributed by atoms with E-state index >= 15 is 0 Å². The summed E-state index contributed by atoms with van der Waals surface area (Å²) < 4.78 is 5.52. The second-order valence-corrected chi connectivity index (χ2v) is 7.30. The van der Waals surface area contributed by atoms with Crippen molar-refractivity contribution in [2.24, 2.45) is 0 Å². The van der Waals surface area contributed by atoms with Crippen LogP contribution in [0.3, 0.4) is 0 Å². The molecule has 2 heterocycles. The molecule has 4 nitrogen and oxygen atoms in total. The second kappa shape index (κ2) is 6.89. The highest BCUT2D eigenvalue weighted by Crippen LogP contribution is 2.27. The van der Waals surface area contributed by atoms with Crippen LogP contribution in [0.2, 0.25) is 0 Å². The first-order valence-corrected chi connectivity index (χ1v) is 8.78. The maximum atomic E-state index is 10.7. The van der Waals surface area contributed by atoms with Crippen molar-refractivity contribution >= 4 is 11.3 Å². The Labute approximate surface area is 146 Å². The van der Waals surface area contributed by atoms with E-state index in [1.165, 1.54) is 5.56 Å². The number of nitrogens with zero attached hydrogens (tertiary/aromatic N) is 1. The van der Waals surface area contributed by atoms with Crippen LogP contribution in [-0.4, -0.2) is 16.6 Å². The van der Waals surface area contributed by atoms with Crippen LogP contribution in [0.15, 0.2) is 47.0 Å². The summed E-state index contributed by atoms with van der Waals surface area (Å²) in [5.74, 6) is 1.58. The lowest BCUT2D eigenvalue weighted by atomic mass is 9.96.